The first-order chi connectivity index (χ1) is 3.65. The Hall–Kier alpha value is -0.187. The number of hydrogen-bond acceptors (Lipinski definition) is 5. The topological polar surface area (TPSA) is 115 Å². The van der Waals surface area contributed by atoms with Gasteiger partial charge in [-0.15, -0.1) is 0 Å². The van der Waals surface area contributed by atoms with Crippen LogP contribution >= 0.6 is 0 Å². The Morgan fingerprint density at radius 1 is 1.22 bits per heavy atom. The van der Waals surface area contributed by atoms with E-state index >= 15 is 0 Å². The number of carboxylic acid groups (broad SMARTS) is 2. The van der Waals surface area contributed by atoms with E-state index in [1.165, 1.54) is 0 Å². The summed E-state index contributed by atoms with van der Waals surface area (Å²) in [5, 5.41) is 16.7. The van der Waals surface area contributed by atoms with Gasteiger partial charge >= 0.3 is 19.5 Å². The molecule has 5 nitrogen and oxygen atoms in total. The summed E-state index contributed by atoms with van der Waals surface area (Å²) >= 11 is 0. The minimum Gasteiger partial charge on any atom is -0.652 e. The van der Waals surface area contributed by atoms with Crippen LogP contribution in [0, 0.1) is 0 Å². The predicted molar refractivity (Wildman–Crippen MR) is 23.5 cm³/mol. The van der Waals surface area contributed by atoms with Crippen molar-refractivity contribution in [1.29, 1.82) is 0 Å². The molecule has 0 aromatic rings. The van der Waals surface area contributed by atoms with Crippen molar-refractivity contribution in [2.75, 3.05) is 13.1 Å². The second kappa shape index (κ2) is 15.7. The van der Waals surface area contributed by atoms with E-state index in [2.05, 4.69) is 0 Å². The maximum Gasteiger partial charge on any atom is 2.00 e. The summed E-state index contributed by atoms with van der Waals surface area (Å²) in [5.41, 5.74) is 9.81. The van der Waals surface area contributed by atoms with Gasteiger partial charge in [0.25, 0.3) is 0 Å². The molecule has 0 fully saturated rings. The van der Waals surface area contributed by atoms with E-state index in [4.69, 9.17) is 26.5 Å². The Labute approximate surface area is 65.8 Å². The minimum absolute atomic E-state index is 0. The van der Waals surface area contributed by atoms with Crippen LogP contribution in [0.4, 0.5) is 4.79 Å². The van der Waals surface area contributed by atoms with Gasteiger partial charge < -0.3 is 26.5 Å². The van der Waals surface area contributed by atoms with Gasteiger partial charge in [-0.05, 0) is 6.16 Å². The Morgan fingerprint density at radius 3 is 1.33 bits per heavy atom. The molecule has 0 amide bonds. The van der Waals surface area contributed by atoms with Crippen molar-refractivity contribution < 1.29 is 34.5 Å². The van der Waals surface area contributed by atoms with Gasteiger partial charge in [-0.1, -0.05) is 0 Å². The van der Waals surface area contributed by atoms with Gasteiger partial charge in [0.1, 0.15) is 0 Å². The molecule has 0 aliphatic carbocycles. The molecule has 0 aliphatic heterocycles. The molecule has 0 saturated carbocycles. The maximum absolute atomic E-state index is 8.33. The molecule has 6 heteroatoms. The van der Waals surface area contributed by atoms with Crippen LogP contribution in [-0.4, -0.2) is 19.2 Å². The third-order valence-electron chi connectivity index (χ3n) is 0.167. The van der Waals surface area contributed by atoms with Crippen molar-refractivity contribution >= 4 is 6.16 Å². The van der Waals surface area contributed by atoms with Crippen LogP contribution in [0.25, 0.3) is 0 Å². The molecule has 50 valence electrons. The van der Waals surface area contributed by atoms with Crippen molar-refractivity contribution in [3.05, 3.63) is 0 Å². The number of carbonyl (C=O) groups excluding carboxylic acids is 1. The molecule has 9 heavy (non-hydrogen) atoms. The Kier molecular flexibility index (Phi) is 27.7. The fraction of sp³-hybridized carbons (Fsp3) is 0.667. The molecule has 0 radical (unpaired) electrons. The van der Waals surface area contributed by atoms with E-state index in [9.17, 15) is 0 Å². The predicted octanol–water partition coefficient (Wildman–Crippen LogP) is -3.55. The molecular formula is C3H8N2O3Zn. The van der Waals surface area contributed by atoms with Crippen LogP contribution in [0.15, 0.2) is 0 Å². The first kappa shape index (κ1) is 15.9. The first-order valence-electron chi connectivity index (χ1n) is 1.93. The van der Waals surface area contributed by atoms with Crippen molar-refractivity contribution in [2.24, 2.45) is 11.5 Å². The van der Waals surface area contributed by atoms with E-state index in [1.807, 2.05) is 0 Å². The normalized spacial score (nSPS) is 6.00. The Balaban J connectivity index is -0.0000000720. The zero-order valence-electron chi connectivity index (χ0n) is 5.00. The molecule has 0 aliphatic rings. The monoisotopic (exact) mass is 184 g/mol. The van der Waals surface area contributed by atoms with E-state index in [0.29, 0.717) is 13.1 Å². The number of rotatable bonds is 1. The van der Waals surface area contributed by atoms with Crippen LogP contribution in [0.2, 0.25) is 0 Å². The molecule has 4 N–H and O–H groups in total. The number of hydrogen-bond donors (Lipinski definition) is 2. The van der Waals surface area contributed by atoms with Crippen molar-refractivity contribution in [3.8, 4) is 0 Å². The SMILES string of the molecule is NCCN.O=C([O-])[O-].[Zn+2]. The summed E-state index contributed by atoms with van der Waals surface area (Å²) in [6, 6.07) is 0. The fourth-order valence-electron chi connectivity index (χ4n) is 0. The summed E-state index contributed by atoms with van der Waals surface area (Å²) in [7, 11) is 0. The van der Waals surface area contributed by atoms with E-state index < -0.39 is 6.16 Å². The molecular weight excluding hydrogens is 177 g/mol. The van der Waals surface area contributed by atoms with Crippen LogP contribution in [0.3, 0.4) is 0 Å². The van der Waals surface area contributed by atoms with E-state index in [1.54, 1.807) is 0 Å². The second-order valence-electron chi connectivity index (χ2n) is 0.827. The van der Waals surface area contributed by atoms with E-state index in [-0.39, 0.29) is 19.5 Å². The van der Waals surface area contributed by atoms with Crippen LogP contribution in [0.1, 0.15) is 0 Å². The summed E-state index contributed by atoms with van der Waals surface area (Å²) in [5.74, 6) is 0. The largest absolute Gasteiger partial charge is 2.00 e. The van der Waals surface area contributed by atoms with Gasteiger partial charge in [-0.2, -0.15) is 0 Å². The summed E-state index contributed by atoms with van der Waals surface area (Å²) in [6.07, 6.45) is -2.33. The summed E-state index contributed by atoms with van der Waals surface area (Å²) in [6.45, 7) is 1.19. The average Bonchev–Trinajstić information content (AvgIpc) is 1.65. The smallest absolute Gasteiger partial charge is 0.652 e. The molecule has 0 atom stereocenters. The molecule has 0 aromatic carbocycles. The van der Waals surface area contributed by atoms with Crippen molar-refractivity contribution in [3.63, 3.8) is 0 Å². The Bertz CT molecular complexity index is 55.0. The Morgan fingerprint density at radius 2 is 1.33 bits per heavy atom. The van der Waals surface area contributed by atoms with Gasteiger partial charge in [-0.3, -0.25) is 0 Å². The van der Waals surface area contributed by atoms with Crippen LogP contribution in [-0.2, 0) is 19.5 Å². The molecule has 0 saturated heterocycles. The number of carbonyl (C=O) groups is 1. The van der Waals surface area contributed by atoms with Crippen molar-refractivity contribution in [1.82, 2.24) is 0 Å². The molecule has 0 spiro atoms. The van der Waals surface area contributed by atoms with Gasteiger partial charge in [0.15, 0.2) is 0 Å². The van der Waals surface area contributed by atoms with Gasteiger partial charge in [-0.25, -0.2) is 0 Å². The summed E-state index contributed by atoms with van der Waals surface area (Å²) < 4.78 is 0. The molecule has 0 heterocycles. The molecule has 0 rings (SSSR count). The first-order valence-corrected chi connectivity index (χ1v) is 1.93. The number of nitrogens with two attached hydrogens (primary N) is 2. The standard InChI is InChI=1S/C2H8N2.CH2O3.Zn/c3-1-2-4;2-1(3)4;/h1-4H2;(H2,2,3,4);/q;;+2/p-2. The summed E-state index contributed by atoms with van der Waals surface area (Å²) in [4.78, 5) is 8.33. The molecule has 0 unspecified atom stereocenters. The minimum atomic E-state index is -2.33. The second-order valence-corrected chi connectivity index (χ2v) is 0.827. The third-order valence-corrected chi connectivity index (χ3v) is 0.167. The van der Waals surface area contributed by atoms with Crippen molar-refractivity contribution in [2.45, 2.75) is 0 Å². The molecule has 0 aromatic heterocycles. The zero-order valence-corrected chi connectivity index (χ0v) is 7.97. The van der Waals surface area contributed by atoms with E-state index in [0.717, 1.165) is 0 Å². The third kappa shape index (κ3) is 399. The van der Waals surface area contributed by atoms with Gasteiger partial charge in [0, 0.05) is 13.1 Å². The van der Waals surface area contributed by atoms with Crippen LogP contribution < -0.4 is 21.7 Å². The fourth-order valence-corrected chi connectivity index (χ4v) is 0. The maximum atomic E-state index is 8.33. The van der Waals surface area contributed by atoms with Gasteiger partial charge in [0.05, 0.1) is 0 Å². The van der Waals surface area contributed by atoms with Crippen LogP contribution in [0.5, 0.6) is 0 Å². The quantitative estimate of drug-likeness (QED) is 0.411. The zero-order chi connectivity index (χ0) is 6.99. The average molecular weight is 185 g/mol. The van der Waals surface area contributed by atoms with Gasteiger partial charge in [0.2, 0.25) is 0 Å². The molecule has 0 bridgehead atoms.